The van der Waals surface area contributed by atoms with Gasteiger partial charge in [-0.1, -0.05) is 13.3 Å². The second-order valence-corrected chi connectivity index (χ2v) is 8.79. The number of methoxy groups -OCH3 is 1. The molecule has 0 aliphatic carbocycles. The molecule has 0 bridgehead atoms. The first-order valence-electron chi connectivity index (χ1n) is 8.26. The van der Waals surface area contributed by atoms with Crippen LogP contribution in [0.1, 0.15) is 19.8 Å². The Kier molecular flexibility index (Phi) is 20.1. The smallest absolute Gasteiger partial charge is 0.387 e. The molecule has 18 nitrogen and oxygen atoms in total. The van der Waals surface area contributed by atoms with Gasteiger partial charge in [0.25, 0.3) is 0 Å². The number of ether oxygens (including phenoxy) is 3. The summed E-state index contributed by atoms with van der Waals surface area (Å²) < 4.78 is 41.9. The summed E-state index contributed by atoms with van der Waals surface area (Å²) in [4.78, 5) is 64.7. The Hall–Kier alpha value is 0.0900. The van der Waals surface area contributed by atoms with Crippen LogP contribution in [0, 0.1) is 0 Å². The molecular weight excluding hydrogens is 513 g/mol. The van der Waals surface area contributed by atoms with Crippen LogP contribution in [0.15, 0.2) is 0 Å². The number of phosphoric acid groups is 3. The molecule has 198 valence electrons. The van der Waals surface area contributed by atoms with Gasteiger partial charge in [-0.05, 0) is 6.42 Å². The molecule has 1 aliphatic rings. The predicted molar refractivity (Wildman–Crippen MR) is 102 cm³/mol. The average molecular weight is 544 g/mol. The molecule has 0 aromatic heterocycles. The van der Waals surface area contributed by atoms with Crippen LogP contribution < -0.4 is 0 Å². The standard InChI is InChI=1S/C11H22O6.3H3O4P/c1-3-4-5-16-6-7-8(12)9(13)10(15-2)11(14)17-7;3*1-5(2,3)4/h7-14H,3-6H2,1-2H3;3*(H3,1,2,3,4)/t7-,8-,9-,10+,11+;;;/m1.../s1. The van der Waals surface area contributed by atoms with Crippen molar-refractivity contribution < 1.29 is 87.3 Å². The first-order valence-corrected chi connectivity index (χ1v) is 13.0. The van der Waals surface area contributed by atoms with Crippen LogP contribution in [0.2, 0.25) is 0 Å². The first kappa shape index (κ1) is 36.7. The summed E-state index contributed by atoms with van der Waals surface area (Å²) in [7, 11) is -12.6. The lowest BCUT2D eigenvalue weighted by atomic mass is 9.99. The van der Waals surface area contributed by atoms with E-state index in [4.69, 9.17) is 71.9 Å². The molecule has 0 spiro atoms. The number of hydrogen-bond donors (Lipinski definition) is 12. The Labute approximate surface area is 182 Å². The first-order chi connectivity index (χ1) is 14.1. The molecule has 0 aromatic rings. The van der Waals surface area contributed by atoms with Gasteiger partial charge in [0.05, 0.1) is 6.61 Å². The Morgan fingerprint density at radius 1 is 0.781 bits per heavy atom. The lowest BCUT2D eigenvalue weighted by Gasteiger charge is -2.39. The van der Waals surface area contributed by atoms with Crippen molar-refractivity contribution in [3.8, 4) is 0 Å². The maximum Gasteiger partial charge on any atom is 0.466 e. The van der Waals surface area contributed by atoms with Crippen molar-refractivity contribution in [3.05, 3.63) is 0 Å². The summed E-state index contributed by atoms with van der Waals surface area (Å²) in [6.07, 6.45) is -3.27. The Balaban J connectivity index is -0.000000458. The second-order valence-electron chi connectivity index (χ2n) is 5.71. The number of aliphatic hydroxyl groups excluding tert-OH is 3. The third-order valence-corrected chi connectivity index (χ3v) is 2.86. The van der Waals surface area contributed by atoms with Crippen LogP contribution in [0.3, 0.4) is 0 Å². The van der Waals surface area contributed by atoms with Gasteiger partial charge in [-0.3, -0.25) is 0 Å². The van der Waals surface area contributed by atoms with Crippen LogP contribution in [0.25, 0.3) is 0 Å². The molecule has 0 radical (unpaired) electrons. The van der Waals surface area contributed by atoms with Gasteiger partial charge in [-0.25, -0.2) is 13.7 Å². The van der Waals surface area contributed by atoms with Crippen LogP contribution in [0.5, 0.6) is 0 Å². The van der Waals surface area contributed by atoms with Crippen molar-refractivity contribution in [2.24, 2.45) is 0 Å². The maximum absolute atomic E-state index is 9.77. The molecule has 32 heavy (non-hydrogen) atoms. The zero-order chi connectivity index (χ0) is 26.3. The number of aliphatic hydroxyl groups is 3. The molecule has 1 aliphatic heterocycles. The van der Waals surface area contributed by atoms with Crippen LogP contribution >= 0.6 is 23.5 Å². The maximum atomic E-state index is 9.77. The molecule has 5 atom stereocenters. The zero-order valence-corrected chi connectivity index (χ0v) is 19.6. The van der Waals surface area contributed by atoms with Crippen LogP contribution in [-0.4, -0.2) is 110 Å². The van der Waals surface area contributed by atoms with Gasteiger partial charge < -0.3 is 73.6 Å². The highest BCUT2D eigenvalue weighted by atomic mass is 31.2. The minimum absolute atomic E-state index is 0.145. The fourth-order valence-electron chi connectivity index (χ4n) is 1.76. The van der Waals surface area contributed by atoms with E-state index in [1.807, 2.05) is 6.92 Å². The van der Waals surface area contributed by atoms with E-state index < -0.39 is 54.2 Å². The van der Waals surface area contributed by atoms with Crippen LogP contribution in [-0.2, 0) is 27.9 Å². The van der Waals surface area contributed by atoms with Crippen molar-refractivity contribution in [2.45, 2.75) is 50.5 Å². The van der Waals surface area contributed by atoms with Gasteiger partial charge in [0.15, 0.2) is 6.29 Å². The van der Waals surface area contributed by atoms with E-state index in [9.17, 15) is 15.3 Å². The van der Waals surface area contributed by atoms with Gasteiger partial charge in [0.2, 0.25) is 0 Å². The second kappa shape index (κ2) is 17.5. The van der Waals surface area contributed by atoms with Gasteiger partial charge in [-0.15, -0.1) is 0 Å². The van der Waals surface area contributed by atoms with E-state index in [1.165, 1.54) is 7.11 Å². The molecule has 1 saturated heterocycles. The third-order valence-electron chi connectivity index (χ3n) is 2.86. The molecule has 12 N–H and O–H groups in total. The third kappa shape index (κ3) is 32.3. The Morgan fingerprint density at radius 2 is 1.16 bits per heavy atom. The minimum atomic E-state index is -4.64. The number of rotatable bonds is 6. The molecule has 0 saturated carbocycles. The van der Waals surface area contributed by atoms with Gasteiger partial charge in [0, 0.05) is 13.7 Å². The number of hydrogen-bond acceptors (Lipinski definition) is 9. The van der Waals surface area contributed by atoms with Gasteiger partial charge >= 0.3 is 23.5 Å². The van der Waals surface area contributed by atoms with Crippen molar-refractivity contribution in [1.29, 1.82) is 0 Å². The lowest BCUT2D eigenvalue weighted by Crippen LogP contribution is -2.59. The molecule has 1 rings (SSSR count). The van der Waals surface area contributed by atoms with Crippen molar-refractivity contribution in [1.82, 2.24) is 0 Å². The average Bonchev–Trinajstić information content (AvgIpc) is 2.52. The largest absolute Gasteiger partial charge is 0.466 e. The zero-order valence-electron chi connectivity index (χ0n) is 16.9. The number of unbranched alkanes of at least 4 members (excludes halogenated alkanes) is 1. The topological polar surface area (TPSA) is 322 Å². The Morgan fingerprint density at radius 3 is 1.47 bits per heavy atom. The highest BCUT2D eigenvalue weighted by Crippen LogP contribution is 2.26. The van der Waals surface area contributed by atoms with Gasteiger partial charge in [0.1, 0.15) is 24.4 Å². The predicted octanol–water partition coefficient (Wildman–Crippen LogP) is -3.53. The fourth-order valence-corrected chi connectivity index (χ4v) is 1.76. The van der Waals surface area contributed by atoms with Crippen molar-refractivity contribution in [3.63, 3.8) is 0 Å². The molecule has 1 heterocycles. The normalized spacial score (nSPS) is 25.9. The summed E-state index contributed by atoms with van der Waals surface area (Å²) in [5, 5.41) is 29.0. The fraction of sp³-hybridized carbons (Fsp3) is 1.00. The molecule has 0 amide bonds. The molecule has 0 aromatic carbocycles. The van der Waals surface area contributed by atoms with E-state index in [1.54, 1.807) is 0 Å². The van der Waals surface area contributed by atoms with E-state index in [0.29, 0.717) is 6.61 Å². The highest BCUT2D eigenvalue weighted by Gasteiger charge is 2.44. The summed E-state index contributed by atoms with van der Waals surface area (Å²) in [5.74, 6) is 0. The van der Waals surface area contributed by atoms with E-state index in [0.717, 1.165) is 12.8 Å². The summed E-state index contributed by atoms with van der Waals surface area (Å²) in [6, 6.07) is 0. The SMILES string of the molecule is CCCCOC[C@H]1O[C@H](O)[C@@H](OC)[C@H](O)[C@@H]1O.O=P(O)(O)O.O=P(O)(O)O.O=P(O)(O)O. The molecular formula is C11H31O18P3. The molecule has 0 unspecified atom stereocenters. The summed E-state index contributed by atoms with van der Waals surface area (Å²) in [5.41, 5.74) is 0. The minimum Gasteiger partial charge on any atom is -0.387 e. The van der Waals surface area contributed by atoms with E-state index in [-0.39, 0.29) is 6.61 Å². The highest BCUT2D eigenvalue weighted by molar-refractivity contribution is 7.45. The van der Waals surface area contributed by atoms with Gasteiger partial charge in [-0.2, -0.15) is 0 Å². The monoisotopic (exact) mass is 544 g/mol. The molecule has 21 heteroatoms. The summed E-state index contributed by atoms with van der Waals surface area (Å²) in [6.45, 7) is 2.76. The van der Waals surface area contributed by atoms with E-state index >= 15 is 0 Å². The lowest BCUT2D eigenvalue weighted by molar-refractivity contribution is -0.293. The summed E-state index contributed by atoms with van der Waals surface area (Å²) >= 11 is 0. The van der Waals surface area contributed by atoms with Crippen molar-refractivity contribution in [2.75, 3.05) is 20.3 Å². The quantitative estimate of drug-likeness (QED) is 0.114. The Bertz CT molecular complexity index is 527. The van der Waals surface area contributed by atoms with E-state index in [2.05, 4.69) is 0 Å². The molecule has 1 fully saturated rings. The van der Waals surface area contributed by atoms with Crippen LogP contribution in [0.4, 0.5) is 0 Å². The van der Waals surface area contributed by atoms with Crippen molar-refractivity contribution >= 4 is 23.5 Å².